The van der Waals surface area contributed by atoms with Gasteiger partial charge in [-0.3, -0.25) is 14.4 Å². The Labute approximate surface area is 127 Å². The molecule has 1 aliphatic heterocycles. The summed E-state index contributed by atoms with van der Waals surface area (Å²) < 4.78 is 0. The van der Waals surface area contributed by atoms with E-state index in [0.29, 0.717) is 36.9 Å². The van der Waals surface area contributed by atoms with Gasteiger partial charge < -0.3 is 15.1 Å². The van der Waals surface area contributed by atoms with Crippen molar-refractivity contribution in [1.82, 2.24) is 9.80 Å². The number of amides is 3. The number of anilines is 1. The van der Waals surface area contributed by atoms with Crippen molar-refractivity contribution < 1.29 is 14.4 Å². The van der Waals surface area contributed by atoms with E-state index < -0.39 is 11.8 Å². The van der Waals surface area contributed by atoms with Gasteiger partial charge in [0, 0.05) is 33.1 Å². The van der Waals surface area contributed by atoms with Gasteiger partial charge in [0.1, 0.15) is 0 Å². The second-order valence-electron chi connectivity index (χ2n) is 4.73. The lowest BCUT2D eigenvalue weighted by Gasteiger charge is -2.33. The Morgan fingerprint density at radius 1 is 1.05 bits per heavy atom. The molecule has 0 radical (unpaired) electrons. The Morgan fingerprint density at radius 2 is 1.62 bits per heavy atom. The zero-order valence-corrected chi connectivity index (χ0v) is 12.4. The van der Waals surface area contributed by atoms with E-state index in [0.717, 1.165) is 0 Å². The van der Waals surface area contributed by atoms with Gasteiger partial charge >= 0.3 is 11.8 Å². The summed E-state index contributed by atoms with van der Waals surface area (Å²) in [5.74, 6) is -1.36. The number of carbonyl (C=O) groups is 3. The predicted molar refractivity (Wildman–Crippen MR) is 78.9 cm³/mol. The van der Waals surface area contributed by atoms with Crippen LogP contribution in [0.15, 0.2) is 24.3 Å². The van der Waals surface area contributed by atoms with Crippen LogP contribution in [0.2, 0.25) is 5.02 Å². The van der Waals surface area contributed by atoms with Gasteiger partial charge in [-0.15, -0.1) is 0 Å². The highest BCUT2D eigenvalue weighted by Crippen LogP contribution is 2.20. The Balaban J connectivity index is 1.93. The second kappa shape index (κ2) is 6.58. The van der Waals surface area contributed by atoms with Crippen molar-refractivity contribution in [3.63, 3.8) is 0 Å². The van der Waals surface area contributed by atoms with E-state index in [9.17, 15) is 14.4 Å². The number of halogens is 1. The smallest absolute Gasteiger partial charge is 0.313 e. The molecule has 1 aromatic rings. The Hall–Kier alpha value is -2.08. The van der Waals surface area contributed by atoms with Crippen LogP contribution < -0.4 is 5.32 Å². The number of nitrogens with zero attached hydrogens (tertiary/aromatic N) is 2. The minimum Gasteiger partial charge on any atom is -0.339 e. The maximum atomic E-state index is 12.1. The highest BCUT2D eigenvalue weighted by molar-refractivity contribution is 6.41. The van der Waals surface area contributed by atoms with Crippen LogP contribution in [-0.2, 0) is 14.4 Å². The molecular weight excluding hydrogens is 294 g/mol. The summed E-state index contributed by atoms with van der Waals surface area (Å²) in [5.41, 5.74) is 0.403. The number of carbonyl (C=O) groups excluding carboxylic acids is 3. The first-order valence-corrected chi connectivity index (χ1v) is 6.97. The molecule has 112 valence electrons. The van der Waals surface area contributed by atoms with E-state index in [1.807, 2.05) is 0 Å². The minimum absolute atomic E-state index is 0.0254. The van der Waals surface area contributed by atoms with Crippen molar-refractivity contribution >= 4 is 35.0 Å². The maximum absolute atomic E-state index is 12.1. The van der Waals surface area contributed by atoms with Gasteiger partial charge in [0.25, 0.3) is 0 Å². The molecular formula is C14H16ClN3O3. The summed E-state index contributed by atoms with van der Waals surface area (Å²) in [6, 6.07) is 6.72. The molecule has 21 heavy (non-hydrogen) atoms. The molecule has 0 bridgehead atoms. The van der Waals surface area contributed by atoms with Gasteiger partial charge in [0.2, 0.25) is 5.91 Å². The van der Waals surface area contributed by atoms with Gasteiger partial charge in [-0.2, -0.15) is 0 Å². The lowest BCUT2D eigenvalue weighted by Crippen LogP contribution is -2.52. The molecule has 0 spiro atoms. The third kappa shape index (κ3) is 3.72. The zero-order valence-electron chi connectivity index (χ0n) is 11.6. The predicted octanol–water partition coefficient (Wildman–Crippen LogP) is 0.969. The highest BCUT2D eigenvalue weighted by atomic mass is 35.5. The number of hydrogen-bond acceptors (Lipinski definition) is 3. The van der Waals surface area contributed by atoms with Crippen LogP contribution in [0.1, 0.15) is 6.92 Å². The standard InChI is InChI=1S/C14H16ClN3O3/c1-10(19)17-6-8-18(9-7-17)14(21)13(20)16-12-5-3-2-4-11(12)15/h2-5H,6-9H2,1H3,(H,16,20). The molecule has 6 nitrogen and oxygen atoms in total. The fourth-order valence-electron chi connectivity index (χ4n) is 2.11. The molecule has 3 amide bonds. The summed E-state index contributed by atoms with van der Waals surface area (Å²) in [4.78, 5) is 38.3. The molecule has 0 saturated carbocycles. The average Bonchev–Trinajstić information content (AvgIpc) is 2.49. The number of benzene rings is 1. The molecule has 1 fully saturated rings. The molecule has 0 unspecified atom stereocenters. The van der Waals surface area contributed by atoms with E-state index in [2.05, 4.69) is 5.32 Å². The van der Waals surface area contributed by atoms with Crippen LogP contribution in [0.4, 0.5) is 5.69 Å². The average molecular weight is 310 g/mol. The summed E-state index contributed by atoms with van der Waals surface area (Å²) in [5, 5.41) is 2.87. The highest BCUT2D eigenvalue weighted by Gasteiger charge is 2.27. The SMILES string of the molecule is CC(=O)N1CCN(C(=O)C(=O)Nc2ccccc2Cl)CC1. The van der Waals surface area contributed by atoms with Crippen molar-refractivity contribution in [3.05, 3.63) is 29.3 Å². The topological polar surface area (TPSA) is 69.7 Å². The van der Waals surface area contributed by atoms with Crippen LogP contribution >= 0.6 is 11.6 Å². The second-order valence-corrected chi connectivity index (χ2v) is 5.14. The van der Waals surface area contributed by atoms with Crippen LogP contribution in [0, 0.1) is 0 Å². The lowest BCUT2D eigenvalue weighted by atomic mass is 10.3. The number of hydrogen-bond donors (Lipinski definition) is 1. The Bertz CT molecular complexity index is 568. The molecule has 1 aromatic carbocycles. The fourth-order valence-corrected chi connectivity index (χ4v) is 2.29. The molecule has 0 aliphatic carbocycles. The third-order valence-corrected chi connectivity index (χ3v) is 3.66. The van der Waals surface area contributed by atoms with Crippen molar-refractivity contribution in [2.45, 2.75) is 6.92 Å². The Kier molecular flexibility index (Phi) is 4.80. The van der Waals surface area contributed by atoms with E-state index in [1.165, 1.54) is 11.8 Å². The van der Waals surface area contributed by atoms with Crippen LogP contribution in [0.25, 0.3) is 0 Å². The quantitative estimate of drug-likeness (QED) is 0.786. The van der Waals surface area contributed by atoms with E-state index in [-0.39, 0.29) is 5.91 Å². The third-order valence-electron chi connectivity index (χ3n) is 3.33. The monoisotopic (exact) mass is 309 g/mol. The van der Waals surface area contributed by atoms with Crippen molar-refractivity contribution in [2.24, 2.45) is 0 Å². The van der Waals surface area contributed by atoms with Gasteiger partial charge in [0.05, 0.1) is 10.7 Å². The summed E-state index contributed by atoms with van der Waals surface area (Å²) in [6.07, 6.45) is 0. The van der Waals surface area contributed by atoms with Crippen LogP contribution in [-0.4, -0.2) is 53.7 Å². The molecule has 1 saturated heterocycles. The van der Waals surface area contributed by atoms with Gasteiger partial charge in [0.15, 0.2) is 0 Å². The van der Waals surface area contributed by atoms with E-state index in [4.69, 9.17) is 11.6 Å². The molecule has 1 aliphatic rings. The van der Waals surface area contributed by atoms with Crippen molar-refractivity contribution in [1.29, 1.82) is 0 Å². The van der Waals surface area contributed by atoms with Gasteiger partial charge in [-0.05, 0) is 12.1 Å². The number of nitrogens with one attached hydrogen (secondary N) is 1. The lowest BCUT2D eigenvalue weighted by molar-refractivity contribution is -0.145. The molecule has 0 aromatic heterocycles. The largest absolute Gasteiger partial charge is 0.339 e. The number of para-hydroxylation sites is 1. The summed E-state index contributed by atoms with van der Waals surface area (Å²) in [7, 11) is 0. The van der Waals surface area contributed by atoms with Crippen LogP contribution in [0.3, 0.4) is 0 Å². The molecule has 2 rings (SSSR count). The zero-order chi connectivity index (χ0) is 15.4. The van der Waals surface area contributed by atoms with E-state index in [1.54, 1.807) is 29.2 Å². The number of rotatable bonds is 1. The first-order chi connectivity index (χ1) is 9.99. The fraction of sp³-hybridized carbons (Fsp3) is 0.357. The van der Waals surface area contributed by atoms with E-state index >= 15 is 0 Å². The van der Waals surface area contributed by atoms with Crippen molar-refractivity contribution in [3.8, 4) is 0 Å². The molecule has 1 heterocycles. The van der Waals surface area contributed by atoms with Gasteiger partial charge in [-0.1, -0.05) is 23.7 Å². The minimum atomic E-state index is -0.723. The number of piperazine rings is 1. The van der Waals surface area contributed by atoms with Crippen molar-refractivity contribution in [2.75, 3.05) is 31.5 Å². The molecule has 0 atom stereocenters. The maximum Gasteiger partial charge on any atom is 0.313 e. The van der Waals surface area contributed by atoms with Crippen LogP contribution in [0.5, 0.6) is 0 Å². The molecule has 1 N–H and O–H groups in total. The normalized spacial score (nSPS) is 14.8. The first kappa shape index (κ1) is 15.3. The first-order valence-electron chi connectivity index (χ1n) is 6.59. The Morgan fingerprint density at radius 3 is 2.19 bits per heavy atom. The summed E-state index contributed by atoms with van der Waals surface area (Å²) in [6.45, 7) is 3.09. The molecule has 7 heteroatoms. The summed E-state index contributed by atoms with van der Waals surface area (Å²) >= 11 is 5.93. The van der Waals surface area contributed by atoms with Gasteiger partial charge in [-0.25, -0.2) is 0 Å².